The van der Waals surface area contributed by atoms with Crippen LogP contribution in [0.25, 0.3) is 0 Å². The van der Waals surface area contributed by atoms with Gasteiger partial charge in [-0.2, -0.15) is 0 Å². The predicted octanol–water partition coefficient (Wildman–Crippen LogP) is 2.77. The third-order valence-electron chi connectivity index (χ3n) is 4.47. The third-order valence-corrected chi connectivity index (χ3v) is 4.47. The monoisotopic (exact) mass is 396 g/mol. The van der Waals surface area contributed by atoms with E-state index in [1.54, 1.807) is 19.2 Å². The van der Waals surface area contributed by atoms with E-state index < -0.39 is 6.36 Å². The number of alkyl halides is 3. The summed E-state index contributed by atoms with van der Waals surface area (Å²) in [6.07, 6.45) is -0.411. The summed E-state index contributed by atoms with van der Waals surface area (Å²) in [4.78, 5) is 4.11. The van der Waals surface area contributed by atoms with E-state index in [9.17, 15) is 13.2 Å². The fraction of sp³-hybridized carbons (Fsp3) is 0.500. The smallest absolute Gasteiger partial charge is 0.405 e. The number of rotatable bonds is 5. The van der Waals surface area contributed by atoms with Gasteiger partial charge in [-0.3, -0.25) is 4.99 Å². The first-order valence-electron chi connectivity index (χ1n) is 9.15. The average Bonchev–Trinajstić information content (AvgIpc) is 2.88. The Labute approximate surface area is 161 Å². The molecule has 1 aliphatic heterocycles. The number of nitrogens with one attached hydrogen (secondary N) is 2. The molecule has 0 spiro atoms. The summed E-state index contributed by atoms with van der Waals surface area (Å²) in [5.41, 5.74) is 0.374. The molecule has 0 radical (unpaired) electrons. The second kappa shape index (κ2) is 8.94. The summed E-state index contributed by atoms with van der Waals surface area (Å²) in [7, 11) is 1.60. The van der Waals surface area contributed by atoms with Crippen LogP contribution in [0.4, 0.5) is 13.2 Å². The number of guanidine groups is 1. The maximum absolute atomic E-state index is 12.5. The van der Waals surface area contributed by atoms with Gasteiger partial charge >= 0.3 is 6.36 Å². The highest BCUT2D eigenvalue weighted by Crippen LogP contribution is 2.26. The van der Waals surface area contributed by atoms with Gasteiger partial charge in [0.15, 0.2) is 11.8 Å². The molecule has 10 heteroatoms. The maximum Gasteiger partial charge on any atom is 0.573 e. The standard InChI is InChI=1S/C18H23F3N6O/c1-22-17(23-11-13-7-4-5-8-14(13)28-18(19,20)21)24-12-16-26-25-15-9-3-2-6-10-27(15)16/h4-5,7-8H,2-3,6,9-12H2,1H3,(H2,22,23,24). The normalized spacial score (nSPS) is 14.9. The van der Waals surface area contributed by atoms with Gasteiger partial charge in [0.2, 0.25) is 0 Å². The van der Waals surface area contributed by atoms with E-state index in [-0.39, 0.29) is 12.3 Å². The predicted molar refractivity (Wildman–Crippen MR) is 97.7 cm³/mol. The van der Waals surface area contributed by atoms with Crippen LogP contribution in [-0.4, -0.2) is 34.1 Å². The van der Waals surface area contributed by atoms with E-state index in [0.717, 1.165) is 37.5 Å². The second-order valence-corrected chi connectivity index (χ2v) is 6.43. The summed E-state index contributed by atoms with van der Waals surface area (Å²) < 4.78 is 43.8. The van der Waals surface area contributed by atoms with E-state index in [1.807, 2.05) is 0 Å². The Morgan fingerprint density at radius 2 is 1.93 bits per heavy atom. The first-order chi connectivity index (χ1) is 13.5. The molecular weight excluding hydrogens is 373 g/mol. The van der Waals surface area contributed by atoms with Crippen LogP contribution >= 0.6 is 0 Å². The molecule has 0 saturated heterocycles. The van der Waals surface area contributed by atoms with Crippen LogP contribution < -0.4 is 15.4 Å². The molecule has 0 unspecified atom stereocenters. The van der Waals surface area contributed by atoms with Gasteiger partial charge in [0, 0.05) is 32.1 Å². The Balaban J connectivity index is 1.59. The number of aromatic nitrogens is 3. The number of hydrogen-bond acceptors (Lipinski definition) is 4. The van der Waals surface area contributed by atoms with Crippen LogP contribution in [-0.2, 0) is 26.1 Å². The lowest BCUT2D eigenvalue weighted by atomic mass is 10.2. The third kappa shape index (κ3) is 5.37. The number of hydrogen-bond donors (Lipinski definition) is 2. The van der Waals surface area contributed by atoms with Crippen LogP contribution in [0, 0.1) is 0 Å². The lowest BCUT2D eigenvalue weighted by molar-refractivity contribution is -0.274. The maximum atomic E-state index is 12.5. The Morgan fingerprint density at radius 3 is 2.71 bits per heavy atom. The molecule has 1 aromatic carbocycles. The van der Waals surface area contributed by atoms with E-state index >= 15 is 0 Å². The minimum absolute atomic E-state index is 0.129. The van der Waals surface area contributed by atoms with E-state index in [1.165, 1.54) is 18.6 Å². The highest BCUT2D eigenvalue weighted by molar-refractivity contribution is 5.79. The van der Waals surface area contributed by atoms with Crippen molar-refractivity contribution in [3.8, 4) is 5.75 Å². The number of halogens is 3. The zero-order chi connectivity index (χ0) is 20.0. The van der Waals surface area contributed by atoms with E-state index in [0.29, 0.717) is 18.1 Å². The Kier molecular flexibility index (Phi) is 6.37. The van der Waals surface area contributed by atoms with Gasteiger partial charge in [0.25, 0.3) is 0 Å². The molecule has 1 aliphatic rings. The molecule has 3 rings (SSSR count). The average molecular weight is 396 g/mol. The van der Waals surface area contributed by atoms with Gasteiger partial charge in [-0.15, -0.1) is 23.4 Å². The lowest BCUT2D eigenvalue weighted by Crippen LogP contribution is -2.37. The number of aryl methyl sites for hydroxylation is 1. The van der Waals surface area contributed by atoms with Crippen molar-refractivity contribution in [3.05, 3.63) is 41.5 Å². The molecule has 2 aromatic rings. The largest absolute Gasteiger partial charge is 0.573 e. The highest BCUT2D eigenvalue weighted by Gasteiger charge is 2.31. The van der Waals surface area contributed by atoms with Gasteiger partial charge in [-0.25, -0.2) is 0 Å². The van der Waals surface area contributed by atoms with Gasteiger partial charge in [0.05, 0.1) is 6.54 Å². The summed E-state index contributed by atoms with van der Waals surface area (Å²) >= 11 is 0. The van der Waals surface area contributed by atoms with Crippen molar-refractivity contribution in [1.82, 2.24) is 25.4 Å². The van der Waals surface area contributed by atoms with Crippen LogP contribution in [0.3, 0.4) is 0 Å². The van der Waals surface area contributed by atoms with Crippen molar-refractivity contribution in [3.63, 3.8) is 0 Å². The Morgan fingerprint density at radius 1 is 1.14 bits per heavy atom. The van der Waals surface area contributed by atoms with Gasteiger partial charge in [-0.1, -0.05) is 24.6 Å². The molecule has 7 nitrogen and oxygen atoms in total. The fourth-order valence-electron chi connectivity index (χ4n) is 3.11. The molecule has 0 saturated carbocycles. The number of nitrogens with zero attached hydrogens (tertiary/aromatic N) is 4. The minimum atomic E-state index is -4.73. The van der Waals surface area contributed by atoms with Crippen molar-refractivity contribution >= 4 is 5.96 Å². The van der Waals surface area contributed by atoms with Crippen LogP contribution in [0.5, 0.6) is 5.75 Å². The molecule has 2 heterocycles. The topological polar surface area (TPSA) is 76.4 Å². The molecular formula is C18H23F3N6O. The zero-order valence-corrected chi connectivity index (χ0v) is 15.6. The summed E-state index contributed by atoms with van der Waals surface area (Å²) in [5.74, 6) is 2.03. The number of para-hydroxylation sites is 1. The van der Waals surface area contributed by atoms with Crippen LogP contribution in [0.1, 0.15) is 36.5 Å². The van der Waals surface area contributed by atoms with Gasteiger partial charge in [0.1, 0.15) is 11.6 Å². The molecule has 0 amide bonds. The molecule has 0 bridgehead atoms. The SMILES string of the molecule is CN=C(NCc1ccccc1OC(F)(F)F)NCc1nnc2n1CCCCC2. The molecule has 0 atom stereocenters. The van der Waals surface area contributed by atoms with Crippen LogP contribution in [0.2, 0.25) is 0 Å². The first-order valence-corrected chi connectivity index (χ1v) is 9.15. The van der Waals surface area contributed by atoms with Gasteiger partial charge in [-0.05, 0) is 18.9 Å². The summed E-state index contributed by atoms with van der Waals surface area (Å²) in [6, 6.07) is 6.00. The quantitative estimate of drug-likeness (QED) is 0.600. The lowest BCUT2D eigenvalue weighted by Gasteiger charge is -2.15. The fourth-order valence-corrected chi connectivity index (χ4v) is 3.11. The van der Waals surface area contributed by atoms with Crippen LogP contribution in [0.15, 0.2) is 29.3 Å². The van der Waals surface area contributed by atoms with E-state index in [2.05, 4.69) is 35.1 Å². The Hall–Kier alpha value is -2.78. The molecule has 1 aromatic heterocycles. The molecule has 0 aliphatic carbocycles. The number of fused-ring (bicyclic) bond motifs is 1. The molecule has 2 N–H and O–H groups in total. The van der Waals surface area contributed by atoms with Crippen molar-refractivity contribution in [1.29, 1.82) is 0 Å². The van der Waals surface area contributed by atoms with Crippen molar-refractivity contribution in [2.45, 2.75) is 51.7 Å². The summed E-state index contributed by atoms with van der Waals surface area (Å²) in [5, 5.41) is 14.6. The second-order valence-electron chi connectivity index (χ2n) is 6.43. The van der Waals surface area contributed by atoms with E-state index in [4.69, 9.17) is 0 Å². The molecule has 0 fully saturated rings. The minimum Gasteiger partial charge on any atom is -0.405 e. The molecule has 28 heavy (non-hydrogen) atoms. The Bertz CT molecular complexity index is 818. The van der Waals surface area contributed by atoms with Crippen molar-refractivity contribution < 1.29 is 17.9 Å². The number of ether oxygens (including phenoxy) is 1. The number of aliphatic imine (C=N–C) groups is 1. The number of benzene rings is 1. The highest BCUT2D eigenvalue weighted by atomic mass is 19.4. The molecule has 152 valence electrons. The summed E-state index contributed by atoms with van der Waals surface area (Å²) in [6.45, 7) is 1.45. The van der Waals surface area contributed by atoms with Crippen molar-refractivity contribution in [2.75, 3.05) is 7.05 Å². The van der Waals surface area contributed by atoms with Gasteiger partial charge < -0.3 is 19.9 Å². The van der Waals surface area contributed by atoms with Crippen molar-refractivity contribution in [2.24, 2.45) is 4.99 Å². The first kappa shape index (κ1) is 20.0. The zero-order valence-electron chi connectivity index (χ0n) is 15.6.